The standard InChI is InChI=1S/C16H23ClO3/c1-4-18-14-7-6-12(10-15(14)19-5-2)16(17)13-8-9-20-11(13)3/h6-7,10-11,13,16H,4-5,8-9H2,1-3H3. The third-order valence-electron chi connectivity index (χ3n) is 3.70. The quantitative estimate of drug-likeness (QED) is 0.737. The Morgan fingerprint density at radius 2 is 1.95 bits per heavy atom. The third-order valence-corrected chi connectivity index (χ3v) is 4.27. The molecule has 3 unspecified atom stereocenters. The van der Waals surface area contributed by atoms with Crippen LogP contribution in [-0.4, -0.2) is 25.9 Å². The topological polar surface area (TPSA) is 27.7 Å². The zero-order valence-electron chi connectivity index (χ0n) is 12.4. The Morgan fingerprint density at radius 1 is 1.25 bits per heavy atom. The second-order valence-electron chi connectivity index (χ2n) is 5.00. The van der Waals surface area contributed by atoms with Crippen molar-refractivity contribution < 1.29 is 14.2 Å². The van der Waals surface area contributed by atoms with Gasteiger partial charge in [0, 0.05) is 12.5 Å². The van der Waals surface area contributed by atoms with Gasteiger partial charge >= 0.3 is 0 Å². The maximum atomic E-state index is 6.63. The summed E-state index contributed by atoms with van der Waals surface area (Å²) in [4.78, 5) is 0. The van der Waals surface area contributed by atoms with Gasteiger partial charge in [-0.05, 0) is 44.9 Å². The minimum absolute atomic E-state index is 0.0533. The summed E-state index contributed by atoms with van der Waals surface area (Å²) < 4.78 is 16.8. The first-order chi connectivity index (χ1) is 9.67. The molecule has 1 fully saturated rings. The SMILES string of the molecule is CCOc1ccc(C(Cl)C2CCOC2C)cc1OCC. The molecule has 0 amide bonds. The number of halogens is 1. The largest absolute Gasteiger partial charge is 0.490 e. The molecule has 0 saturated carbocycles. The number of rotatable bonds is 6. The van der Waals surface area contributed by atoms with Gasteiger partial charge in [0.05, 0.1) is 24.7 Å². The van der Waals surface area contributed by atoms with Crippen molar-refractivity contribution in [2.24, 2.45) is 5.92 Å². The maximum Gasteiger partial charge on any atom is 0.161 e. The molecule has 1 aromatic rings. The van der Waals surface area contributed by atoms with Crippen molar-refractivity contribution in [3.63, 3.8) is 0 Å². The molecular formula is C16H23ClO3. The number of hydrogen-bond donors (Lipinski definition) is 0. The van der Waals surface area contributed by atoms with Gasteiger partial charge in [-0.2, -0.15) is 0 Å². The molecule has 2 rings (SSSR count). The van der Waals surface area contributed by atoms with Crippen molar-refractivity contribution in [1.29, 1.82) is 0 Å². The molecule has 112 valence electrons. The summed E-state index contributed by atoms with van der Waals surface area (Å²) in [6, 6.07) is 5.97. The Hall–Kier alpha value is -0.930. The van der Waals surface area contributed by atoms with E-state index in [9.17, 15) is 0 Å². The van der Waals surface area contributed by atoms with Crippen molar-refractivity contribution >= 4 is 11.6 Å². The lowest BCUT2D eigenvalue weighted by molar-refractivity contribution is 0.105. The van der Waals surface area contributed by atoms with Gasteiger partial charge in [-0.1, -0.05) is 6.07 Å². The minimum atomic E-state index is -0.0533. The van der Waals surface area contributed by atoms with E-state index in [4.69, 9.17) is 25.8 Å². The van der Waals surface area contributed by atoms with E-state index in [1.807, 2.05) is 32.0 Å². The van der Waals surface area contributed by atoms with E-state index in [1.54, 1.807) is 0 Å². The van der Waals surface area contributed by atoms with Crippen molar-refractivity contribution in [2.45, 2.75) is 38.7 Å². The summed E-state index contributed by atoms with van der Waals surface area (Å²) in [6.45, 7) is 8.05. The molecule has 4 heteroatoms. The molecule has 1 aliphatic heterocycles. The van der Waals surface area contributed by atoms with Gasteiger partial charge in [0.1, 0.15) is 0 Å². The summed E-state index contributed by atoms with van der Waals surface area (Å²) in [6.07, 6.45) is 1.21. The number of hydrogen-bond acceptors (Lipinski definition) is 3. The molecule has 20 heavy (non-hydrogen) atoms. The van der Waals surface area contributed by atoms with E-state index in [2.05, 4.69) is 6.92 Å². The molecule has 3 atom stereocenters. The number of benzene rings is 1. The third kappa shape index (κ3) is 3.39. The zero-order valence-corrected chi connectivity index (χ0v) is 13.2. The molecule has 1 heterocycles. The average molecular weight is 299 g/mol. The number of ether oxygens (including phenoxy) is 3. The van der Waals surface area contributed by atoms with Crippen LogP contribution >= 0.6 is 11.6 Å². The fourth-order valence-electron chi connectivity index (χ4n) is 2.62. The Bertz CT molecular complexity index is 436. The summed E-state index contributed by atoms with van der Waals surface area (Å²) in [5.74, 6) is 1.89. The molecule has 1 aromatic carbocycles. The highest BCUT2D eigenvalue weighted by Gasteiger charge is 2.32. The monoisotopic (exact) mass is 298 g/mol. The van der Waals surface area contributed by atoms with Gasteiger partial charge < -0.3 is 14.2 Å². The molecule has 0 spiro atoms. The molecule has 3 nitrogen and oxygen atoms in total. The molecular weight excluding hydrogens is 276 g/mol. The second-order valence-corrected chi connectivity index (χ2v) is 5.47. The van der Waals surface area contributed by atoms with E-state index < -0.39 is 0 Å². The molecule has 0 aromatic heterocycles. The summed E-state index contributed by atoms with van der Waals surface area (Å²) >= 11 is 6.63. The predicted molar refractivity (Wildman–Crippen MR) is 80.9 cm³/mol. The van der Waals surface area contributed by atoms with Crippen LogP contribution in [0.1, 0.15) is 38.1 Å². The van der Waals surface area contributed by atoms with Crippen molar-refractivity contribution in [2.75, 3.05) is 19.8 Å². The zero-order chi connectivity index (χ0) is 14.5. The Morgan fingerprint density at radius 3 is 2.55 bits per heavy atom. The minimum Gasteiger partial charge on any atom is -0.490 e. The predicted octanol–water partition coefficient (Wildman–Crippen LogP) is 4.19. The lowest BCUT2D eigenvalue weighted by Gasteiger charge is -2.21. The van der Waals surface area contributed by atoms with Crippen LogP contribution in [0.25, 0.3) is 0 Å². The second kappa shape index (κ2) is 7.19. The lowest BCUT2D eigenvalue weighted by atomic mass is 9.93. The van der Waals surface area contributed by atoms with Gasteiger partial charge in [0.25, 0.3) is 0 Å². The van der Waals surface area contributed by atoms with Crippen LogP contribution in [-0.2, 0) is 4.74 Å². The summed E-state index contributed by atoms with van der Waals surface area (Å²) in [5, 5.41) is -0.0533. The Balaban J connectivity index is 2.20. The number of alkyl halides is 1. The van der Waals surface area contributed by atoms with Crippen LogP contribution in [0.5, 0.6) is 11.5 Å². The van der Waals surface area contributed by atoms with Crippen LogP contribution in [0.4, 0.5) is 0 Å². The Labute approximate surface area is 126 Å². The molecule has 1 saturated heterocycles. The normalized spacial score (nSPS) is 23.6. The van der Waals surface area contributed by atoms with E-state index in [0.29, 0.717) is 19.1 Å². The van der Waals surface area contributed by atoms with E-state index >= 15 is 0 Å². The maximum absolute atomic E-state index is 6.63. The molecule has 1 aliphatic rings. The van der Waals surface area contributed by atoms with E-state index in [-0.39, 0.29) is 11.5 Å². The van der Waals surface area contributed by atoms with E-state index in [1.165, 1.54) is 0 Å². The molecule has 0 N–H and O–H groups in total. The van der Waals surface area contributed by atoms with Gasteiger partial charge in [0.15, 0.2) is 11.5 Å². The smallest absolute Gasteiger partial charge is 0.161 e. The average Bonchev–Trinajstić information content (AvgIpc) is 2.86. The van der Waals surface area contributed by atoms with Crippen LogP contribution in [0, 0.1) is 5.92 Å². The van der Waals surface area contributed by atoms with E-state index in [0.717, 1.165) is 30.1 Å². The van der Waals surface area contributed by atoms with Gasteiger partial charge in [-0.3, -0.25) is 0 Å². The van der Waals surface area contributed by atoms with Crippen LogP contribution in [0.15, 0.2) is 18.2 Å². The Kier molecular flexibility index (Phi) is 5.55. The fourth-order valence-corrected chi connectivity index (χ4v) is 3.09. The van der Waals surface area contributed by atoms with Gasteiger partial charge in [-0.25, -0.2) is 0 Å². The van der Waals surface area contributed by atoms with Crippen molar-refractivity contribution in [3.8, 4) is 11.5 Å². The molecule has 0 aliphatic carbocycles. The first kappa shape index (κ1) is 15.5. The highest BCUT2D eigenvalue weighted by Crippen LogP contribution is 2.40. The van der Waals surface area contributed by atoms with Crippen molar-refractivity contribution in [1.82, 2.24) is 0 Å². The molecule has 0 radical (unpaired) electrons. The first-order valence-corrected chi connectivity index (χ1v) is 7.76. The van der Waals surface area contributed by atoms with Gasteiger partial charge in [0.2, 0.25) is 0 Å². The highest BCUT2D eigenvalue weighted by atomic mass is 35.5. The summed E-state index contributed by atoms with van der Waals surface area (Å²) in [5.41, 5.74) is 1.07. The highest BCUT2D eigenvalue weighted by molar-refractivity contribution is 6.21. The van der Waals surface area contributed by atoms with Crippen LogP contribution < -0.4 is 9.47 Å². The van der Waals surface area contributed by atoms with Crippen LogP contribution in [0.3, 0.4) is 0 Å². The fraction of sp³-hybridized carbons (Fsp3) is 0.625. The van der Waals surface area contributed by atoms with Crippen LogP contribution in [0.2, 0.25) is 0 Å². The van der Waals surface area contributed by atoms with Crippen molar-refractivity contribution in [3.05, 3.63) is 23.8 Å². The summed E-state index contributed by atoms with van der Waals surface area (Å²) in [7, 11) is 0. The van der Waals surface area contributed by atoms with Gasteiger partial charge in [-0.15, -0.1) is 11.6 Å². The molecule has 0 bridgehead atoms. The lowest BCUT2D eigenvalue weighted by Crippen LogP contribution is -2.16. The first-order valence-electron chi connectivity index (χ1n) is 7.32.